The summed E-state index contributed by atoms with van der Waals surface area (Å²) in [4.78, 5) is 0. The van der Waals surface area contributed by atoms with Crippen LogP contribution in [0.5, 0.6) is 0 Å². The Hall–Kier alpha value is 0.500. The Balaban J connectivity index is 2.87. The van der Waals surface area contributed by atoms with Crippen LogP contribution in [0.2, 0.25) is 26.6 Å². The molecule has 0 atom stereocenters. The van der Waals surface area contributed by atoms with Crippen LogP contribution in [0.25, 0.3) is 0 Å². The fourth-order valence-corrected chi connectivity index (χ4v) is 75.0. The molecule has 0 saturated heterocycles. The van der Waals surface area contributed by atoms with Gasteiger partial charge in [0.2, 0.25) is 0 Å². The second-order valence-corrected chi connectivity index (χ2v) is 46.5. The summed E-state index contributed by atoms with van der Waals surface area (Å²) in [6.07, 6.45) is 15.5. The molecule has 232 valence electrons. The Morgan fingerprint density at radius 3 is 0.878 bits per heavy atom. The van der Waals surface area contributed by atoms with Gasteiger partial charge in [-0.3, -0.25) is 0 Å². The molecule has 2 nitrogen and oxygen atoms in total. The molecule has 0 fully saturated rings. The van der Waals surface area contributed by atoms with E-state index in [-0.39, 0.29) is 0 Å². The van der Waals surface area contributed by atoms with Gasteiger partial charge in [-0.2, -0.15) is 0 Å². The Bertz CT molecular complexity index is 789. The molecule has 2 aromatic rings. The zero-order valence-corrected chi connectivity index (χ0v) is 35.6. The number of rotatable bonds is 24. The summed E-state index contributed by atoms with van der Waals surface area (Å²) in [5.41, 5.74) is 0. The predicted octanol–water partition coefficient (Wildman–Crippen LogP) is 11.0. The Morgan fingerprint density at radius 2 is 0.659 bits per heavy atom. The van der Waals surface area contributed by atoms with Gasteiger partial charge in [-0.25, -0.2) is 0 Å². The summed E-state index contributed by atoms with van der Waals surface area (Å²) in [5.74, 6) is 0. The van der Waals surface area contributed by atoms with Crippen LogP contribution in [0.4, 0.5) is 0 Å². The van der Waals surface area contributed by atoms with Gasteiger partial charge >= 0.3 is 270 Å². The summed E-state index contributed by atoms with van der Waals surface area (Å²) >= 11 is -9.81. The summed E-state index contributed by atoms with van der Waals surface area (Å²) in [7, 11) is 0. The summed E-state index contributed by atoms with van der Waals surface area (Å²) in [6.45, 7) is 14.2. The second kappa shape index (κ2) is 21.3. The molecule has 0 aromatic heterocycles. The second-order valence-electron chi connectivity index (χ2n) is 12.5. The predicted molar refractivity (Wildman–Crippen MR) is 190 cm³/mol. The van der Waals surface area contributed by atoms with Crippen molar-refractivity contribution in [2.24, 2.45) is 0 Å². The zero-order chi connectivity index (χ0) is 29.9. The average Bonchev–Trinajstić information content (AvgIpc) is 3.02. The molecule has 0 bridgehead atoms. The van der Waals surface area contributed by atoms with Gasteiger partial charge in [0.1, 0.15) is 0 Å². The molecule has 2 rings (SSSR count). The summed E-state index contributed by atoms with van der Waals surface area (Å²) in [6, 6.07) is 23.0. The van der Waals surface area contributed by atoms with Gasteiger partial charge < -0.3 is 0 Å². The van der Waals surface area contributed by atoms with Crippen LogP contribution in [0.15, 0.2) is 60.7 Å². The van der Waals surface area contributed by atoms with E-state index in [2.05, 4.69) is 102 Å². The molecule has 0 amide bonds. The van der Waals surface area contributed by atoms with Crippen molar-refractivity contribution >= 4 is 60.3 Å². The maximum atomic E-state index is 8.33. The Morgan fingerprint density at radius 1 is 0.415 bits per heavy atom. The molecule has 0 aliphatic heterocycles. The Labute approximate surface area is 268 Å². The normalized spacial score (nSPS) is 12.6. The van der Waals surface area contributed by atoms with Crippen molar-refractivity contribution in [3.8, 4) is 0 Å². The van der Waals surface area contributed by atoms with Gasteiger partial charge in [0.15, 0.2) is 0 Å². The van der Waals surface area contributed by atoms with Gasteiger partial charge in [0, 0.05) is 0 Å². The van der Waals surface area contributed by atoms with E-state index >= 15 is 0 Å². The number of hydrogen-bond acceptors (Lipinski definition) is 2. The van der Waals surface area contributed by atoms with E-state index in [1.54, 1.807) is 0 Å². The molecule has 0 aliphatic rings. The quantitative estimate of drug-likeness (QED) is 0.0981. The van der Waals surface area contributed by atoms with Crippen molar-refractivity contribution in [1.82, 2.24) is 0 Å². The zero-order valence-electron chi connectivity index (χ0n) is 27.8. The first-order valence-electron chi connectivity index (χ1n) is 17.5. The maximum absolute atomic E-state index is 8.33. The standard InChI is InChI=1S/C12H10GeO2.6C4H9.2Sn/c14-13(15,11-7-3-1-4-8-11)12-9-5-2-6-10-12;6*1-3-4-2;;/h1-10H;6*1,3-4H2,2H3;;/q-2;;;;;;;2*+1. The summed E-state index contributed by atoms with van der Waals surface area (Å²) in [5, 5.41) is 0. The molecule has 2 aromatic carbocycles. The fourth-order valence-electron chi connectivity index (χ4n) is 6.40. The fraction of sp³-hybridized carbons (Fsp3) is 0.667. The minimum atomic E-state index is -3.69. The van der Waals surface area contributed by atoms with Crippen LogP contribution < -0.4 is 8.79 Å². The number of hydrogen-bond donors (Lipinski definition) is 0. The molecule has 0 N–H and O–H groups in total. The molecule has 0 heterocycles. The molecule has 0 radical (unpaired) electrons. The van der Waals surface area contributed by atoms with Crippen LogP contribution in [0.1, 0.15) is 119 Å². The van der Waals surface area contributed by atoms with E-state index in [1.807, 2.05) is 0 Å². The minimum absolute atomic E-state index is 1.27. The molecule has 41 heavy (non-hydrogen) atoms. The first-order chi connectivity index (χ1) is 20.0. The van der Waals surface area contributed by atoms with Crippen molar-refractivity contribution in [2.45, 2.75) is 145 Å². The van der Waals surface area contributed by atoms with Crippen LogP contribution in [-0.2, 0) is 4.20 Å². The van der Waals surface area contributed by atoms with Crippen molar-refractivity contribution < 1.29 is 4.20 Å². The van der Waals surface area contributed by atoms with E-state index in [1.165, 1.54) is 112 Å². The molecule has 0 saturated carbocycles. The van der Waals surface area contributed by atoms with Crippen molar-refractivity contribution in [3.05, 3.63) is 60.7 Å². The number of unbranched alkanes of at least 4 members (excludes halogenated alkanes) is 6. The van der Waals surface area contributed by atoms with Crippen molar-refractivity contribution in [1.29, 1.82) is 0 Å². The molecule has 5 heteroatoms. The molecule has 0 unspecified atom stereocenters. The van der Waals surface area contributed by atoms with Crippen molar-refractivity contribution in [2.75, 3.05) is 0 Å². The van der Waals surface area contributed by atoms with Gasteiger partial charge in [0.05, 0.1) is 0 Å². The van der Waals surface area contributed by atoms with Gasteiger partial charge in [-0.15, -0.1) is 0 Å². The van der Waals surface area contributed by atoms with E-state index in [0.717, 1.165) is 0 Å². The number of benzene rings is 2. The van der Waals surface area contributed by atoms with Gasteiger partial charge in [0.25, 0.3) is 0 Å². The van der Waals surface area contributed by atoms with E-state index in [4.69, 9.17) is 4.20 Å². The third-order valence-electron chi connectivity index (χ3n) is 8.94. The molecule has 0 aliphatic carbocycles. The SMILES string of the molecule is CCC[CH2][Sn]([CH2]CCC)([CH2]CCC)[O][Ge]([O][Sn]([CH2]CCC)([CH2]CCC)[CH2]CCC)([c]1ccccc1)[c]1ccccc1. The van der Waals surface area contributed by atoms with E-state index in [0.29, 0.717) is 0 Å². The third-order valence-corrected chi connectivity index (χ3v) is 59.6. The molecular formula is C36H64GeO2Sn2. The average molecular weight is 839 g/mol. The van der Waals surface area contributed by atoms with E-state index in [9.17, 15) is 0 Å². The topological polar surface area (TPSA) is 18.5 Å². The third kappa shape index (κ3) is 12.1. The first-order valence-corrected chi connectivity index (χ1v) is 35.8. The van der Waals surface area contributed by atoms with Crippen LogP contribution in [0, 0.1) is 0 Å². The Kier molecular flexibility index (Phi) is 19.6. The van der Waals surface area contributed by atoms with Crippen molar-refractivity contribution in [3.63, 3.8) is 0 Å². The molecule has 0 spiro atoms. The van der Waals surface area contributed by atoms with Crippen LogP contribution in [0.3, 0.4) is 0 Å². The molecular weight excluding hydrogens is 774 g/mol. The summed E-state index contributed by atoms with van der Waals surface area (Å²) < 4.78 is 27.7. The van der Waals surface area contributed by atoms with Gasteiger partial charge in [-0.05, 0) is 0 Å². The van der Waals surface area contributed by atoms with Gasteiger partial charge in [-0.1, -0.05) is 0 Å². The van der Waals surface area contributed by atoms with Crippen LogP contribution >= 0.6 is 0 Å². The van der Waals surface area contributed by atoms with E-state index < -0.39 is 51.5 Å². The van der Waals surface area contributed by atoms with Crippen LogP contribution in [-0.4, -0.2) is 51.5 Å². The monoisotopic (exact) mass is 842 g/mol. The first kappa shape index (κ1) is 37.7.